The molecule has 190 valence electrons. The van der Waals surface area contributed by atoms with E-state index in [9.17, 15) is 19.5 Å². The van der Waals surface area contributed by atoms with Gasteiger partial charge in [-0.05, 0) is 49.6 Å². The number of nitrogens with zero attached hydrogens (tertiary/aromatic N) is 1. The summed E-state index contributed by atoms with van der Waals surface area (Å²) in [4.78, 5) is 38.7. The van der Waals surface area contributed by atoms with Crippen molar-refractivity contribution < 1.29 is 33.7 Å². The average molecular weight is 495 g/mol. The summed E-state index contributed by atoms with van der Waals surface area (Å²) in [5, 5.41) is 12.0. The third-order valence-electron chi connectivity index (χ3n) is 6.13. The van der Waals surface area contributed by atoms with Crippen molar-refractivity contribution in [3.8, 4) is 11.1 Å². The van der Waals surface area contributed by atoms with Gasteiger partial charge in [0.15, 0.2) is 11.9 Å². The largest absolute Gasteiger partial charge is 0.480 e. The third-order valence-corrected chi connectivity index (χ3v) is 6.13. The van der Waals surface area contributed by atoms with Crippen LogP contribution in [-0.2, 0) is 23.8 Å². The molecule has 0 bridgehead atoms. The molecule has 0 unspecified atom stereocenters. The van der Waals surface area contributed by atoms with Crippen LogP contribution in [0, 0.1) is 0 Å². The summed E-state index contributed by atoms with van der Waals surface area (Å²) < 4.78 is 16.5. The van der Waals surface area contributed by atoms with Crippen LogP contribution in [0.5, 0.6) is 0 Å². The molecule has 2 aliphatic rings. The summed E-state index contributed by atoms with van der Waals surface area (Å²) in [5.41, 5.74) is 3.71. The van der Waals surface area contributed by atoms with Crippen LogP contribution in [0.15, 0.2) is 61.0 Å². The molecule has 2 aromatic carbocycles. The molecule has 9 heteroatoms. The number of alkyl carbamates (subject to hydrolysis) is 1. The van der Waals surface area contributed by atoms with Gasteiger partial charge in [0.1, 0.15) is 19.3 Å². The van der Waals surface area contributed by atoms with Crippen molar-refractivity contribution in [1.82, 2.24) is 10.2 Å². The lowest BCUT2D eigenvalue weighted by molar-refractivity contribution is -0.148. The Morgan fingerprint density at radius 3 is 2.25 bits per heavy atom. The van der Waals surface area contributed by atoms with Gasteiger partial charge in [0.05, 0.1) is 12.2 Å². The number of hydrogen-bond acceptors (Lipinski definition) is 6. The number of carbonyl (C=O) groups is 3. The van der Waals surface area contributed by atoms with Gasteiger partial charge in [0.2, 0.25) is 0 Å². The second-order valence-electron chi connectivity index (χ2n) is 9.71. The highest BCUT2D eigenvalue weighted by molar-refractivity contribution is 5.91. The van der Waals surface area contributed by atoms with Crippen LogP contribution >= 0.6 is 0 Å². The van der Waals surface area contributed by atoms with E-state index in [0.717, 1.165) is 27.2 Å². The van der Waals surface area contributed by atoms with E-state index < -0.39 is 35.7 Å². The second kappa shape index (κ2) is 10.0. The Morgan fingerprint density at radius 1 is 1.11 bits per heavy atom. The molecule has 1 saturated heterocycles. The fourth-order valence-electron chi connectivity index (χ4n) is 4.41. The number of carboxylic acids is 1. The van der Waals surface area contributed by atoms with Gasteiger partial charge in [-0.2, -0.15) is 0 Å². The number of rotatable bonds is 7. The minimum absolute atomic E-state index is 0.0676. The van der Waals surface area contributed by atoms with Crippen molar-refractivity contribution in [2.75, 3.05) is 19.8 Å². The van der Waals surface area contributed by atoms with Crippen molar-refractivity contribution in [3.63, 3.8) is 0 Å². The zero-order valence-electron chi connectivity index (χ0n) is 20.5. The number of ether oxygens (including phenoxy) is 3. The number of carbonyl (C=O) groups excluding carboxylic acids is 2. The topological polar surface area (TPSA) is 114 Å². The van der Waals surface area contributed by atoms with E-state index in [-0.39, 0.29) is 31.6 Å². The van der Waals surface area contributed by atoms with Crippen LogP contribution in [0.4, 0.5) is 4.79 Å². The Balaban J connectivity index is 1.48. The number of amides is 2. The van der Waals surface area contributed by atoms with Crippen LogP contribution in [0.3, 0.4) is 0 Å². The molecule has 1 fully saturated rings. The van der Waals surface area contributed by atoms with E-state index >= 15 is 0 Å². The highest BCUT2D eigenvalue weighted by Gasteiger charge is 2.42. The number of aliphatic carboxylic acids is 1. The van der Waals surface area contributed by atoms with E-state index in [0.29, 0.717) is 0 Å². The molecule has 2 aromatic rings. The van der Waals surface area contributed by atoms with Gasteiger partial charge in [0, 0.05) is 5.92 Å². The maximum absolute atomic E-state index is 13.3. The fraction of sp³-hybridized carbons (Fsp3) is 0.370. The zero-order chi connectivity index (χ0) is 26.0. The van der Waals surface area contributed by atoms with Gasteiger partial charge in [0.25, 0.3) is 5.91 Å². The van der Waals surface area contributed by atoms with E-state index in [2.05, 4.69) is 11.9 Å². The first-order valence-electron chi connectivity index (χ1n) is 11.7. The van der Waals surface area contributed by atoms with Crippen LogP contribution in [0.1, 0.15) is 37.8 Å². The molecule has 9 nitrogen and oxygen atoms in total. The Kier molecular flexibility index (Phi) is 7.03. The molecule has 0 aromatic heterocycles. The van der Waals surface area contributed by atoms with Crippen LogP contribution in [-0.4, -0.2) is 65.5 Å². The van der Waals surface area contributed by atoms with E-state index in [1.54, 1.807) is 20.8 Å². The van der Waals surface area contributed by atoms with Gasteiger partial charge >= 0.3 is 12.1 Å². The summed E-state index contributed by atoms with van der Waals surface area (Å²) in [6, 6.07) is 13.5. The average Bonchev–Trinajstić information content (AvgIpc) is 3.37. The molecule has 0 spiro atoms. The summed E-state index contributed by atoms with van der Waals surface area (Å²) in [5.74, 6) is -2.19. The van der Waals surface area contributed by atoms with E-state index in [1.807, 2.05) is 48.5 Å². The van der Waals surface area contributed by atoms with Crippen LogP contribution in [0.25, 0.3) is 11.1 Å². The number of hydrogen-bond donors (Lipinski definition) is 2. The van der Waals surface area contributed by atoms with Gasteiger partial charge < -0.3 is 24.6 Å². The van der Waals surface area contributed by atoms with E-state index in [4.69, 9.17) is 14.2 Å². The van der Waals surface area contributed by atoms with Crippen LogP contribution < -0.4 is 5.32 Å². The molecule has 0 radical (unpaired) electrons. The van der Waals surface area contributed by atoms with E-state index in [1.165, 1.54) is 0 Å². The highest BCUT2D eigenvalue weighted by atomic mass is 16.6. The van der Waals surface area contributed by atoms with Crippen molar-refractivity contribution in [1.29, 1.82) is 0 Å². The number of nitrogens with one attached hydrogen (secondary N) is 1. The quantitative estimate of drug-likeness (QED) is 0.606. The molecule has 2 N–H and O–H groups in total. The molecular formula is C27H30N2O7. The Labute approximate surface area is 209 Å². The molecule has 2 atom stereocenters. The van der Waals surface area contributed by atoms with Crippen molar-refractivity contribution in [2.24, 2.45) is 0 Å². The van der Waals surface area contributed by atoms with Gasteiger partial charge in [-0.1, -0.05) is 48.5 Å². The smallest absolute Gasteiger partial charge is 0.407 e. The Hall–Kier alpha value is -3.85. The minimum atomic E-state index is -1.24. The Morgan fingerprint density at radius 2 is 1.69 bits per heavy atom. The molecule has 36 heavy (non-hydrogen) atoms. The van der Waals surface area contributed by atoms with Gasteiger partial charge in [-0.15, -0.1) is 0 Å². The number of fused-ring (bicyclic) bond motifs is 3. The first kappa shape index (κ1) is 25.2. The number of benzene rings is 2. The normalized spacial score (nSPS) is 17.7. The molecule has 2 amide bonds. The van der Waals surface area contributed by atoms with Crippen molar-refractivity contribution in [2.45, 2.75) is 44.4 Å². The lowest BCUT2D eigenvalue weighted by Gasteiger charge is -2.28. The fourth-order valence-corrected chi connectivity index (χ4v) is 4.41. The minimum Gasteiger partial charge on any atom is -0.480 e. The third kappa shape index (κ3) is 5.21. The molecule has 1 aliphatic carbocycles. The summed E-state index contributed by atoms with van der Waals surface area (Å²) in [7, 11) is 0. The predicted molar refractivity (Wildman–Crippen MR) is 131 cm³/mol. The summed E-state index contributed by atoms with van der Waals surface area (Å²) in [6.45, 7) is 8.69. The standard InChI is InChI=1S/C27H30N2O7/c1-16-29(23(15-34-16)25(31)32)24(30)22(14-36-27(2,3)4)28-26(33)35-13-21-19-11-7-5-9-17(19)18-10-6-8-12-20(18)21/h5-12,21-23H,1,13-15H2,2-4H3,(H,28,33)(H,31,32)/t22-,23-/m0/s1. The maximum atomic E-state index is 13.3. The van der Waals surface area contributed by atoms with Crippen molar-refractivity contribution >= 4 is 18.0 Å². The molecule has 1 heterocycles. The second-order valence-corrected chi connectivity index (χ2v) is 9.71. The van der Waals surface area contributed by atoms with Crippen molar-refractivity contribution in [3.05, 3.63) is 72.1 Å². The van der Waals surface area contributed by atoms with Gasteiger partial charge in [-0.3, -0.25) is 9.69 Å². The first-order valence-corrected chi connectivity index (χ1v) is 11.7. The Bertz CT molecular complexity index is 1140. The van der Waals surface area contributed by atoms with Gasteiger partial charge in [-0.25, -0.2) is 9.59 Å². The summed E-state index contributed by atoms with van der Waals surface area (Å²) >= 11 is 0. The molecule has 1 aliphatic heterocycles. The summed E-state index contributed by atoms with van der Waals surface area (Å²) in [6.07, 6.45) is -0.815. The predicted octanol–water partition coefficient (Wildman–Crippen LogP) is 3.49. The zero-order valence-corrected chi connectivity index (χ0v) is 20.5. The number of carboxylic acid groups (broad SMARTS) is 1. The molecular weight excluding hydrogens is 464 g/mol. The maximum Gasteiger partial charge on any atom is 0.407 e. The lowest BCUT2D eigenvalue weighted by Crippen LogP contribution is -2.54. The first-order chi connectivity index (χ1) is 17.1. The monoisotopic (exact) mass is 494 g/mol. The highest BCUT2D eigenvalue weighted by Crippen LogP contribution is 2.44. The molecule has 4 rings (SSSR count). The lowest BCUT2D eigenvalue weighted by atomic mass is 9.98. The van der Waals surface area contributed by atoms with Crippen LogP contribution in [0.2, 0.25) is 0 Å². The molecule has 0 saturated carbocycles. The SMILES string of the molecule is C=C1OC[C@@H](C(=O)O)N1C(=O)[C@H](COC(C)(C)C)NC(=O)OCC1c2ccccc2-c2ccccc21.